The Hall–Kier alpha value is -0.380. The van der Waals surface area contributed by atoms with Gasteiger partial charge in [0.05, 0.1) is 0 Å². The topological polar surface area (TPSA) is 15.3 Å². The average Bonchev–Trinajstić information content (AvgIpc) is 2.72. The monoisotopic (exact) mass is 252 g/mol. The molecule has 1 aliphatic heterocycles. The van der Waals surface area contributed by atoms with Crippen molar-refractivity contribution in [2.75, 3.05) is 20.1 Å². The Labute approximate surface area is 109 Å². The third-order valence-corrected chi connectivity index (χ3v) is 4.85. The Morgan fingerprint density at radius 3 is 3.00 bits per heavy atom. The Kier molecular flexibility index (Phi) is 4.60. The molecule has 2 unspecified atom stereocenters. The summed E-state index contributed by atoms with van der Waals surface area (Å²) in [7, 11) is 2.24. The van der Waals surface area contributed by atoms with E-state index in [0.717, 1.165) is 12.5 Å². The molecule has 1 aliphatic rings. The summed E-state index contributed by atoms with van der Waals surface area (Å²) in [5, 5.41) is 8.19. The van der Waals surface area contributed by atoms with E-state index in [-0.39, 0.29) is 0 Å². The van der Waals surface area contributed by atoms with Crippen LogP contribution in [0.2, 0.25) is 0 Å². The Bertz CT molecular complexity index is 348. The summed E-state index contributed by atoms with van der Waals surface area (Å²) in [5.41, 5.74) is 2.89. The van der Waals surface area contributed by atoms with E-state index in [1.807, 2.05) is 0 Å². The molecule has 2 rings (SSSR count). The number of nitrogens with one attached hydrogen (secondary N) is 1. The molecule has 1 fully saturated rings. The van der Waals surface area contributed by atoms with Crippen LogP contribution in [0, 0.1) is 12.8 Å². The largest absolute Gasteiger partial charge is 0.310 e. The van der Waals surface area contributed by atoms with Gasteiger partial charge in [0.2, 0.25) is 0 Å². The molecular formula is C14H24N2S. The molecule has 96 valence electrons. The summed E-state index contributed by atoms with van der Waals surface area (Å²) in [6.07, 6.45) is 2.73. The second-order valence-electron chi connectivity index (χ2n) is 5.41. The molecular weight excluding hydrogens is 228 g/mol. The van der Waals surface area contributed by atoms with Crippen molar-refractivity contribution in [2.24, 2.45) is 5.92 Å². The normalized spacial score (nSPS) is 23.8. The fourth-order valence-electron chi connectivity index (χ4n) is 2.62. The SMILES string of the molecule is Cc1cscc1CNC(C)C1CCCN(C)C1. The summed E-state index contributed by atoms with van der Waals surface area (Å²) < 4.78 is 0. The fourth-order valence-corrected chi connectivity index (χ4v) is 3.48. The molecule has 0 aliphatic carbocycles. The van der Waals surface area contributed by atoms with Crippen LogP contribution in [0.25, 0.3) is 0 Å². The van der Waals surface area contributed by atoms with Gasteiger partial charge in [-0.15, -0.1) is 0 Å². The highest BCUT2D eigenvalue weighted by atomic mass is 32.1. The second kappa shape index (κ2) is 5.98. The van der Waals surface area contributed by atoms with Crippen LogP contribution < -0.4 is 5.32 Å². The van der Waals surface area contributed by atoms with Crippen LogP contribution in [0.1, 0.15) is 30.9 Å². The maximum atomic E-state index is 3.70. The van der Waals surface area contributed by atoms with E-state index in [1.165, 1.54) is 37.1 Å². The van der Waals surface area contributed by atoms with Crippen LogP contribution in [0.5, 0.6) is 0 Å². The lowest BCUT2D eigenvalue weighted by Gasteiger charge is -2.34. The van der Waals surface area contributed by atoms with Gasteiger partial charge >= 0.3 is 0 Å². The molecule has 3 heteroatoms. The molecule has 1 aromatic heterocycles. The molecule has 1 saturated heterocycles. The zero-order valence-electron chi connectivity index (χ0n) is 11.2. The summed E-state index contributed by atoms with van der Waals surface area (Å²) in [4.78, 5) is 2.46. The molecule has 1 aromatic rings. The highest BCUT2D eigenvalue weighted by Gasteiger charge is 2.22. The maximum Gasteiger partial charge on any atom is 0.0218 e. The first kappa shape index (κ1) is 13.1. The molecule has 1 N–H and O–H groups in total. The Morgan fingerprint density at radius 2 is 2.35 bits per heavy atom. The number of hydrogen-bond donors (Lipinski definition) is 1. The quantitative estimate of drug-likeness (QED) is 0.886. The van der Waals surface area contributed by atoms with Gasteiger partial charge in [-0.3, -0.25) is 0 Å². The first-order valence-corrected chi connectivity index (χ1v) is 7.54. The molecule has 0 bridgehead atoms. The third kappa shape index (κ3) is 3.54. The number of aryl methyl sites for hydroxylation is 1. The first-order valence-electron chi connectivity index (χ1n) is 6.60. The lowest BCUT2D eigenvalue weighted by Crippen LogP contribution is -2.42. The Balaban J connectivity index is 1.80. The molecule has 2 atom stereocenters. The van der Waals surface area contributed by atoms with Gasteiger partial charge in [-0.25, -0.2) is 0 Å². The molecule has 0 amide bonds. The number of hydrogen-bond acceptors (Lipinski definition) is 3. The predicted octanol–water partition coefficient (Wildman–Crippen LogP) is 2.88. The van der Waals surface area contributed by atoms with E-state index < -0.39 is 0 Å². The van der Waals surface area contributed by atoms with Crippen LogP contribution >= 0.6 is 11.3 Å². The summed E-state index contributed by atoms with van der Waals surface area (Å²) in [6, 6.07) is 0.622. The molecule has 0 spiro atoms. The first-order chi connectivity index (χ1) is 8.16. The van der Waals surface area contributed by atoms with E-state index in [2.05, 4.69) is 41.9 Å². The molecule has 17 heavy (non-hydrogen) atoms. The smallest absolute Gasteiger partial charge is 0.0218 e. The highest BCUT2D eigenvalue weighted by Crippen LogP contribution is 2.19. The van der Waals surface area contributed by atoms with Crippen LogP contribution in [-0.2, 0) is 6.54 Å². The minimum atomic E-state index is 0.622. The van der Waals surface area contributed by atoms with Crippen molar-refractivity contribution >= 4 is 11.3 Å². The molecule has 0 aromatic carbocycles. The molecule has 2 heterocycles. The van der Waals surface area contributed by atoms with Gasteiger partial charge < -0.3 is 10.2 Å². The van der Waals surface area contributed by atoms with Crippen molar-refractivity contribution in [3.05, 3.63) is 21.9 Å². The molecule has 0 radical (unpaired) electrons. The lowest BCUT2D eigenvalue weighted by atomic mass is 9.92. The van der Waals surface area contributed by atoms with Crippen molar-refractivity contribution in [1.82, 2.24) is 10.2 Å². The summed E-state index contributed by atoms with van der Waals surface area (Å²) in [6.45, 7) is 8.08. The average molecular weight is 252 g/mol. The van der Waals surface area contributed by atoms with Gasteiger partial charge in [0, 0.05) is 19.1 Å². The zero-order chi connectivity index (χ0) is 12.3. The summed E-state index contributed by atoms with van der Waals surface area (Å²) >= 11 is 1.81. The van der Waals surface area contributed by atoms with Gasteiger partial charge in [-0.1, -0.05) is 0 Å². The molecule has 2 nitrogen and oxygen atoms in total. The number of rotatable bonds is 4. The lowest BCUT2D eigenvalue weighted by molar-refractivity contribution is 0.178. The van der Waals surface area contributed by atoms with Crippen molar-refractivity contribution in [1.29, 1.82) is 0 Å². The van der Waals surface area contributed by atoms with Gasteiger partial charge in [-0.05, 0) is 68.1 Å². The van der Waals surface area contributed by atoms with E-state index in [1.54, 1.807) is 11.3 Å². The number of thiophene rings is 1. The Morgan fingerprint density at radius 1 is 1.53 bits per heavy atom. The summed E-state index contributed by atoms with van der Waals surface area (Å²) in [5.74, 6) is 0.813. The number of nitrogens with zero attached hydrogens (tertiary/aromatic N) is 1. The van der Waals surface area contributed by atoms with E-state index >= 15 is 0 Å². The zero-order valence-corrected chi connectivity index (χ0v) is 12.0. The second-order valence-corrected chi connectivity index (χ2v) is 6.16. The standard InChI is InChI=1S/C14H24N2S/c1-11-9-17-10-14(11)7-15-12(2)13-5-4-6-16(3)8-13/h9-10,12-13,15H,4-8H2,1-3H3. The highest BCUT2D eigenvalue weighted by molar-refractivity contribution is 7.08. The fraction of sp³-hybridized carbons (Fsp3) is 0.714. The van der Waals surface area contributed by atoms with Crippen molar-refractivity contribution in [3.63, 3.8) is 0 Å². The van der Waals surface area contributed by atoms with E-state index in [0.29, 0.717) is 6.04 Å². The third-order valence-electron chi connectivity index (χ3n) is 3.94. The van der Waals surface area contributed by atoms with Gasteiger partial charge in [0.25, 0.3) is 0 Å². The van der Waals surface area contributed by atoms with Gasteiger partial charge in [0.1, 0.15) is 0 Å². The van der Waals surface area contributed by atoms with Crippen molar-refractivity contribution in [3.8, 4) is 0 Å². The van der Waals surface area contributed by atoms with Crippen molar-refractivity contribution < 1.29 is 0 Å². The molecule has 0 saturated carbocycles. The maximum absolute atomic E-state index is 3.70. The van der Waals surface area contributed by atoms with Crippen LogP contribution in [0.4, 0.5) is 0 Å². The van der Waals surface area contributed by atoms with Crippen LogP contribution in [0.15, 0.2) is 10.8 Å². The minimum Gasteiger partial charge on any atom is -0.310 e. The van der Waals surface area contributed by atoms with E-state index in [4.69, 9.17) is 0 Å². The van der Waals surface area contributed by atoms with Crippen molar-refractivity contribution in [2.45, 2.75) is 39.3 Å². The van der Waals surface area contributed by atoms with E-state index in [9.17, 15) is 0 Å². The van der Waals surface area contributed by atoms with Crippen LogP contribution in [-0.4, -0.2) is 31.1 Å². The van der Waals surface area contributed by atoms with Gasteiger partial charge in [-0.2, -0.15) is 11.3 Å². The van der Waals surface area contributed by atoms with Gasteiger partial charge in [0.15, 0.2) is 0 Å². The van der Waals surface area contributed by atoms with Crippen LogP contribution in [0.3, 0.4) is 0 Å². The minimum absolute atomic E-state index is 0.622. The number of piperidine rings is 1. The predicted molar refractivity (Wildman–Crippen MR) is 75.6 cm³/mol. The number of likely N-dealkylation sites (tertiary alicyclic amines) is 1.